The van der Waals surface area contributed by atoms with Crippen molar-refractivity contribution in [1.82, 2.24) is 4.90 Å². The number of amides is 1. The molecule has 1 aliphatic carbocycles. The average molecular weight is 269 g/mol. The molecule has 0 aromatic carbocycles. The van der Waals surface area contributed by atoms with Crippen LogP contribution in [0.15, 0.2) is 0 Å². The van der Waals surface area contributed by atoms with E-state index in [2.05, 4.69) is 4.74 Å². The van der Waals surface area contributed by atoms with Crippen LogP contribution in [0.2, 0.25) is 0 Å². The maximum atomic E-state index is 12.2. The van der Waals surface area contributed by atoms with Crippen molar-refractivity contribution in [3.05, 3.63) is 0 Å². The first-order valence-electron chi connectivity index (χ1n) is 7.55. The molecule has 1 aliphatic rings. The van der Waals surface area contributed by atoms with Crippen LogP contribution in [-0.4, -0.2) is 36.5 Å². The molecule has 0 unspecified atom stereocenters. The van der Waals surface area contributed by atoms with Gasteiger partial charge in [-0.3, -0.25) is 9.59 Å². The molecule has 0 spiro atoms. The summed E-state index contributed by atoms with van der Waals surface area (Å²) >= 11 is 0. The Morgan fingerprint density at radius 1 is 1.11 bits per heavy atom. The molecule has 4 heteroatoms. The number of rotatable bonds is 6. The zero-order valence-corrected chi connectivity index (χ0v) is 12.3. The van der Waals surface area contributed by atoms with Crippen LogP contribution >= 0.6 is 0 Å². The minimum Gasteiger partial charge on any atom is -0.469 e. The minimum atomic E-state index is -0.233. The molecule has 4 nitrogen and oxygen atoms in total. The summed E-state index contributed by atoms with van der Waals surface area (Å²) < 4.78 is 4.68. The summed E-state index contributed by atoms with van der Waals surface area (Å²) in [4.78, 5) is 25.5. The van der Waals surface area contributed by atoms with Crippen LogP contribution in [0.3, 0.4) is 0 Å². The summed E-state index contributed by atoms with van der Waals surface area (Å²) in [5.74, 6) is -0.0405. The predicted molar refractivity (Wildman–Crippen MR) is 74.7 cm³/mol. The molecule has 0 aromatic rings. The third kappa shape index (κ3) is 5.62. The monoisotopic (exact) mass is 269 g/mol. The number of hydrogen-bond donors (Lipinski definition) is 0. The van der Waals surface area contributed by atoms with E-state index in [1.165, 1.54) is 32.8 Å². The summed E-state index contributed by atoms with van der Waals surface area (Å²) in [6.07, 6.45) is 8.83. The molecule has 1 amide bonds. The number of ether oxygens (including phenoxy) is 1. The summed E-state index contributed by atoms with van der Waals surface area (Å²) in [7, 11) is 1.40. The van der Waals surface area contributed by atoms with Gasteiger partial charge in [0.15, 0.2) is 0 Å². The predicted octanol–water partition coefficient (Wildman–Crippen LogP) is 2.90. The normalized spacial score (nSPS) is 16.7. The number of carbonyl (C=O) groups excluding carboxylic acids is 2. The Balaban J connectivity index is 2.60. The van der Waals surface area contributed by atoms with Gasteiger partial charge >= 0.3 is 5.97 Å². The molecule has 0 atom stereocenters. The second kappa shape index (κ2) is 8.94. The lowest BCUT2D eigenvalue weighted by atomic mass is 10.1. The highest BCUT2D eigenvalue weighted by atomic mass is 16.5. The van der Waals surface area contributed by atoms with E-state index in [-0.39, 0.29) is 11.9 Å². The number of hydrogen-bond acceptors (Lipinski definition) is 3. The minimum absolute atomic E-state index is 0.193. The number of nitrogens with zero attached hydrogens (tertiary/aromatic N) is 1. The maximum absolute atomic E-state index is 12.2. The molecule has 1 saturated carbocycles. The van der Waals surface area contributed by atoms with Crippen LogP contribution in [0.5, 0.6) is 0 Å². The fourth-order valence-corrected chi connectivity index (χ4v) is 2.75. The van der Waals surface area contributed by atoms with Gasteiger partial charge in [-0.05, 0) is 19.3 Å². The van der Waals surface area contributed by atoms with Crippen molar-refractivity contribution in [2.24, 2.45) is 0 Å². The molecule has 0 saturated heterocycles. The molecule has 1 fully saturated rings. The van der Waals surface area contributed by atoms with Crippen LogP contribution < -0.4 is 0 Å². The Morgan fingerprint density at radius 2 is 1.74 bits per heavy atom. The third-order valence-corrected chi connectivity index (χ3v) is 3.83. The van der Waals surface area contributed by atoms with Crippen molar-refractivity contribution in [3.63, 3.8) is 0 Å². The van der Waals surface area contributed by atoms with Gasteiger partial charge in [0.2, 0.25) is 5.91 Å². The zero-order valence-electron chi connectivity index (χ0n) is 12.3. The Hall–Kier alpha value is -1.06. The highest BCUT2D eigenvalue weighted by molar-refractivity contribution is 5.77. The van der Waals surface area contributed by atoms with Crippen LogP contribution in [0.25, 0.3) is 0 Å². The highest BCUT2D eigenvalue weighted by Crippen LogP contribution is 2.23. The SMILES string of the molecule is CCCC(=O)N(CCC(=O)OC)C1CCCCCC1. The fourth-order valence-electron chi connectivity index (χ4n) is 2.75. The van der Waals surface area contributed by atoms with Crippen molar-refractivity contribution in [3.8, 4) is 0 Å². The molecule has 0 aliphatic heterocycles. The molecular formula is C15H27NO3. The van der Waals surface area contributed by atoms with Crippen molar-refractivity contribution in [2.75, 3.05) is 13.7 Å². The number of esters is 1. The van der Waals surface area contributed by atoms with Crippen LogP contribution in [-0.2, 0) is 14.3 Å². The Morgan fingerprint density at radius 3 is 2.26 bits per heavy atom. The van der Waals surface area contributed by atoms with E-state index in [1.54, 1.807) is 0 Å². The van der Waals surface area contributed by atoms with Gasteiger partial charge in [0, 0.05) is 19.0 Å². The van der Waals surface area contributed by atoms with Gasteiger partial charge in [-0.25, -0.2) is 0 Å². The zero-order chi connectivity index (χ0) is 14.1. The molecule has 0 heterocycles. The van der Waals surface area contributed by atoms with Gasteiger partial charge < -0.3 is 9.64 Å². The Labute approximate surface area is 116 Å². The van der Waals surface area contributed by atoms with Gasteiger partial charge in [0.1, 0.15) is 0 Å². The first-order valence-corrected chi connectivity index (χ1v) is 7.55. The molecule has 0 N–H and O–H groups in total. The van der Waals surface area contributed by atoms with Crippen molar-refractivity contribution < 1.29 is 14.3 Å². The van der Waals surface area contributed by atoms with Crippen molar-refractivity contribution in [1.29, 1.82) is 0 Å². The summed E-state index contributed by atoms with van der Waals surface area (Å²) in [5, 5.41) is 0. The van der Waals surface area contributed by atoms with E-state index >= 15 is 0 Å². The third-order valence-electron chi connectivity index (χ3n) is 3.83. The lowest BCUT2D eigenvalue weighted by Crippen LogP contribution is -2.41. The summed E-state index contributed by atoms with van der Waals surface area (Å²) in [6, 6.07) is 0.325. The van der Waals surface area contributed by atoms with Gasteiger partial charge in [-0.2, -0.15) is 0 Å². The maximum Gasteiger partial charge on any atom is 0.307 e. The highest BCUT2D eigenvalue weighted by Gasteiger charge is 2.24. The van der Waals surface area contributed by atoms with Crippen LogP contribution in [0.1, 0.15) is 64.7 Å². The van der Waals surface area contributed by atoms with E-state index in [4.69, 9.17) is 0 Å². The van der Waals surface area contributed by atoms with E-state index in [0.717, 1.165) is 19.3 Å². The molecule has 1 rings (SSSR count). The lowest BCUT2D eigenvalue weighted by Gasteiger charge is -2.31. The van der Waals surface area contributed by atoms with E-state index in [0.29, 0.717) is 25.4 Å². The lowest BCUT2D eigenvalue weighted by molar-refractivity contribution is -0.142. The molecule has 0 bridgehead atoms. The first-order chi connectivity index (χ1) is 9.19. The number of carbonyl (C=O) groups is 2. The van der Waals surface area contributed by atoms with Gasteiger partial charge in [-0.15, -0.1) is 0 Å². The largest absolute Gasteiger partial charge is 0.469 e. The summed E-state index contributed by atoms with van der Waals surface area (Å²) in [6.45, 7) is 2.53. The van der Waals surface area contributed by atoms with Crippen molar-refractivity contribution in [2.45, 2.75) is 70.8 Å². The standard InChI is InChI=1S/C15H27NO3/c1-3-8-14(17)16(12-11-15(18)19-2)13-9-6-4-5-7-10-13/h13H,3-12H2,1-2H3. The number of methoxy groups -OCH3 is 1. The van der Waals surface area contributed by atoms with Gasteiger partial charge in [0.25, 0.3) is 0 Å². The summed E-state index contributed by atoms with van der Waals surface area (Å²) in [5.41, 5.74) is 0. The smallest absolute Gasteiger partial charge is 0.307 e. The van der Waals surface area contributed by atoms with Crippen LogP contribution in [0.4, 0.5) is 0 Å². The van der Waals surface area contributed by atoms with E-state index in [1.807, 2.05) is 11.8 Å². The average Bonchev–Trinajstić information content (AvgIpc) is 2.68. The molecular weight excluding hydrogens is 242 g/mol. The van der Waals surface area contributed by atoms with E-state index in [9.17, 15) is 9.59 Å². The van der Waals surface area contributed by atoms with Crippen molar-refractivity contribution >= 4 is 11.9 Å². The fraction of sp³-hybridized carbons (Fsp3) is 0.867. The Kier molecular flexibility index (Phi) is 7.53. The van der Waals surface area contributed by atoms with Crippen LogP contribution in [0, 0.1) is 0 Å². The topological polar surface area (TPSA) is 46.6 Å². The molecule has 19 heavy (non-hydrogen) atoms. The first kappa shape index (κ1) is 16.0. The second-order valence-corrected chi connectivity index (χ2v) is 5.31. The second-order valence-electron chi connectivity index (χ2n) is 5.31. The van der Waals surface area contributed by atoms with Gasteiger partial charge in [0.05, 0.1) is 13.5 Å². The Bertz CT molecular complexity index is 283. The molecule has 110 valence electrons. The van der Waals surface area contributed by atoms with E-state index < -0.39 is 0 Å². The van der Waals surface area contributed by atoms with Gasteiger partial charge in [-0.1, -0.05) is 32.6 Å². The molecule has 0 radical (unpaired) electrons. The molecule has 0 aromatic heterocycles. The quantitative estimate of drug-likeness (QED) is 0.550.